The van der Waals surface area contributed by atoms with Crippen LogP contribution in [0, 0.1) is 0 Å². The lowest BCUT2D eigenvalue weighted by Gasteiger charge is -2.08. The number of esters is 1. The third kappa shape index (κ3) is 1.82. The number of anilines is 1. The van der Waals surface area contributed by atoms with Gasteiger partial charge in [-0.1, -0.05) is 0 Å². The molecule has 0 aliphatic heterocycles. The largest absolute Gasteiger partial charge is 0.462 e. The molecular formula is C9H11N5O3S. The number of fused-ring (bicyclic) bond motifs is 1. The Morgan fingerprint density at radius 2 is 2.33 bits per heavy atom. The molecule has 0 unspecified atom stereocenters. The molecule has 0 aromatic carbocycles. The van der Waals surface area contributed by atoms with Crippen LogP contribution in [-0.4, -0.2) is 38.4 Å². The number of rotatable bonds is 3. The van der Waals surface area contributed by atoms with Gasteiger partial charge in [-0.05, 0) is 13.2 Å². The minimum atomic E-state index is -0.585. The highest BCUT2D eigenvalue weighted by molar-refractivity contribution is 7.98. The van der Waals surface area contributed by atoms with Gasteiger partial charge in [0.2, 0.25) is 5.95 Å². The Balaban J connectivity index is 2.80. The lowest BCUT2D eigenvalue weighted by Crippen LogP contribution is -2.18. The molecule has 8 nitrogen and oxygen atoms in total. The first-order valence-corrected chi connectivity index (χ1v) is 6.30. The molecule has 2 aromatic heterocycles. The zero-order valence-corrected chi connectivity index (χ0v) is 10.6. The number of ether oxygens (including phenoxy) is 1. The molecule has 0 bridgehead atoms. The van der Waals surface area contributed by atoms with E-state index in [1.54, 1.807) is 13.2 Å². The molecule has 2 heterocycles. The Hall–Kier alpha value is -2.03. The van der Waals surface area contributed by atoms with E-state index >= 15 is 0 Å². The van der Waals surface area contributed by atoms with Gasteiger partial charge in [-0.2, -0.15) is 5.10 Å². The maximum Gasteiger partial charge on any atom is 0.350 e. The highest BCUT2D eigenvalue weighted by Crippen LogP contribution is 2.23. The fourth-order valence-corrected chi connectivity index (χ4v) is 2.08. The van der Waals surface area contributed by atoms with Crippen LogP contribution in [0.1, 0.15) is 17.3 Å². The van der Waals surface area contributed by atoms with Crippen molar-refractivity contribution in [2.45, 2.75) is 11.9 Å². The van der Waals surface area contributed by atoms with E-state index in [2.05, 4.69) is 15.2 Å². The van der Waals surface area contributed by atoms with Gasteiger partial charge in [-0.15, -0.1) is 11.8 Å². The summed E-state index contributed by atoms with van der Waals surface area (Å²) in [4.78, 5) is 27.4. The summed E-state index contributed by atoms with van der Waals surface area (Å²) in [6, 6.07) is 0. The second-order valence-electron chi connectivity index (χ2n) is 3.26. The number of thioether (sulfide) groups is 1. The summed E-state index contributed by atoms with van der Waals surface area (Å²) < 4.78 is 5.96. The lowest BCUT2D eigenvalue weighted by molar-refractivity contribution is 0.0523. The molecular weight excluding hydrogens is 258 g/mol. The molecule has 0 saturated heterocycles. The number of hydrogen-bond acceptors (Lipinski definition) is 7. The first kappa shape index (κ1) is 12.4. The standard InChI is InChI=1S/C9H11N5O3S/c1-3-17-7(15)4-5-12-13-9(16)14(5)8(10)11-6(4)18-2/h3H2,1-2H3,(H2,10,11)(H,13,16). The second-order valence-corrected chi connectivity index (χ2v) is 4.06. The summed E-state index contributed by atoms with van der Waals surface area (Å²) in [5.74, 6) is -0.612. The van der Waals surface area contributed by atoms with Crippen molar-refractivity contribution in [3.05, 3.63) is 16.0 Å². The van der Waals surface area contributed by atoms with Crippen molar-refractivity contribution in [3.8, 4) is 0 Å². The first-order chi connectivity index (χ1) is 8.60. The molecule has 0 atom stereocenters. The van der Waals surface area contributed by atoms with Gasteiger partial charge in [0.25, 0.3) is 0 Å². The van der Waals surface area contributed by atoms with E-state index in [9.17, 15) is 9.59 Å². The number of aromatic nitrogens is 4. The topological polar surface area (TPSA) is 115 Å². The molecule has 0 spiro atoms. The molecule has 0 radical (unpaired) electrons. The Morgan fingerprint density at radius 3 is 2.94 bits per heavy atom. The van der Waals surface area contributed by atoms with E-state index in [0.29, 0.717) is 5.03 Å². The molecule has 3 N–H and O–H groups in total. The lowest BCUT2D eigenvalue weighted by atomic mass is 10.3. The summed E-state index contributed by atoms with van der Waals surface area (Å²) in [6.07, 6.45) is 1.74. The first-order valence-electron chi connectivity index (χ1n) is 5.07. The fourth-order valence-electron chi connectivity index (χ4n) is 1.51. The van der Waals surface area contributed by atoms with Crippen molar-refractivity contribution in [1.82, 2.24) is 19.6 Å². The van der Waals surface area contributed by atoms with Gasteiger partial charge in [0.15, 0.2) is 5.65 Å². The number of H-pyrrole nitrogens is 1. The third-order valence-electron chi connectivity index (χ3n) is 2.23. The van der Waals surface area contributed by atoms with Crippen LogP contribution in [0.4, 0.5) is 5.95 Å². The van der Waals surface area contributed by atoms with Gasteiger partial charge in [-0.25, -0.2) is 24.1 Å². The minimum absolute atomic E-state index is 0.0267. The van der Waals surface area contributed by atoms with Gasteiger partial charge in [0, 0.05) is 0 Å². The smallest absolute Gasteiger partial charge is 0.350 e. The summed E-state index contributed by atoms with van der Waals surface area (Å²) in [5.41, 5.74) is 5.36. The van der Waals surface area contributed by atoms with Gasteiger partial charge in [-0.3, -0.25) is 0 Å². The second kappa shape index (κ2) is 4.69. The molecule has 0 aliphatic rings. The number of carbonyl (C=O) groups is 1. The molecule has 0 saturated carbocycles. The summed E-state index contributed by atoms with van der Waals surface area (Å²) in [5, 5.41) is 6.38. The maximum absolute atomic E-state index is 11.9. The molecule has 96 valence electrons. The quantitative estimate of drug-likeness (QED) is 0.454. The average molecular weight is 269 g/mol. The summed E-state index contributed by atoms with van der Waals surface area (Å²) in [7, 11) is 0. The molecule has 18 heavy (non-hydrogen) atoms. The Morgan fingerprint density at radius 1 is 1.61 bits per heavy atom. The third-order valence-corrected chi connectivity index (χ3v) is 2.91. The molecule has 2 aromatic rings. The van der Waals surface area contributed by atoms with Crippen LogP contribution >= 0.6 is 11.8 Å². The highest BCUT2D eigenvalue weighted by Gasteiger charge is 2.22. The molecule has 0 fully saturated rings. The van der Waals surface area contributed by atoms with Crippen molar-refractivity contribution in [2.24, 2.45) is 0 Å². The van der Waals surface area contributed by atoms with Crippen LogP contribution in [0.5, 0.6) is 0 Å². The van der Waals surface area contributed by atoms with Crippen molar-refractivity contribution < 1.29 is 9.53 Å². The minimum Gasteiger partial charge on any atom is -0.462 e. The molecule has 0 amide bonds. The van der Waals surface area contributed by atoms with Crippen LogP contribution in [0.3, 0.4) is 0 Å². The van der Waals surface area contributed by atoms with Gasteiger partial charge in [0.05, 0.1) is 6.61 Å². The SMILES string of the molecule is CCOC(=O)c1c(SC)nc(N)n2c(=O)[nH]nc12. The number of aromatic amines is 1. The normalized spacial score (nSPS) is 10.8. The van der Waals surface area contributed by atoms with Gasteiger partial charge in [0.1, 0.15) is 10.6 Å². The van der Waals surface area contributed by atoms with Gasteiger partial charge >= 0.3 is 11.7 Å². The number of hydrogen-bond donors (Lipinski definition) is 2. The van der Waals surface area contributed by atoms with Crippen molar-refractivity contribution >= 4 is 29.3 Å². The monoisotopic (exact) mass is 269 g/mol. The number of carbonyl (C=O) groups excluding carboxylic acids is 1. The number of nitrogens with one attached hydrogen (secondary N) is 1. The van der Waals surface area contributed by atoms with Crippen LogP contribution in [0.25, 0.3) is 5.65 Å². The predicted octanol–water partition coefficient (Wildman–Crippen LogP) is -0.102. The number of nitrogen functional groups attached to an aromatic ring is 1. The van der Waals surface area contributed by atoms with E-state index < -0.39 is 11.7 Å². The van der Waals surface area contributed by atoms with E-state index in [-0.39, 0.29) is 23.8 Å². The van der Waals surface area contributed by atoms with Crippen molar-refractivity contribution in [2.75, 3.05) is 18.6 Å². The number of nitrogens with two attached hydrogens (primary N) is 1. The summed E-state index contributed by atoms with van der Waals surface area (Å²) in [6.45, 7) is 1.91. The predicted molar refractivity (Wildman–Crippen MR) is 65.8 cm³/mol. The van der Waals surface area contributed by atoms with Crippen LogP contribution < -0.4 is 11.4 Å². The van der Waals surface area contributed by atoms with Crippen LogP contribution in [0.2, 0.25) is 0 Å². The molecule has 9 heteroatoms. The van der Waals surface area contributed by atoms with Gasteiger partial charge < -0.3 is 10.5 Å². The van der Waals surface area contributed by atoms with Crippen molar-refractivity contribution in [1.29, 1.82) is 0 Å². The van der Waals surface area contributed by atoms with E-state index in [0.717, 1.165) is 4.40 Å². The highest BCUT2D eigenvalue weighted by atomic mass is 32.2. The zero-order valence-electron chi connectivity index (χ0n) is 9.76. The fraction of sp³-hybridized carbons (Fsp3) is 0.333. The Kier molecular flexibility index (Phi) is 3.24. The van der Waals surface area contributed by atoms with E-state index in [1.165, 1.54) is 11.8 Å². The van der Waals surface area contributed by atoms with Crippen LogP contribution in [-0.2, 0) is 4.74 Å². The molecule has 0 aliphatic carbocycles. The Labute approximate surface area is 106 Å². The van der Waals surface area contributed by atoms with Crippen molar-refractivity contribution in [3.63, 3.8) is 0 Å². The van der Waals surface area contributed by atoms with Crippen LogP contribution in [0.15, 0.2) is 9.82 Å². The maximum atomic E-state index is 11.9. The summed E-state index contributed by atoms with van der Waals surface area (Å²) >= 11 is 1.23. The number of nitrogens with zero attached hydrogens (tertiary/aromatic N) is 3. The van der Waals surface area contributed by atoms with E-state index in [1.807, 2.05) is 0 Å². The van der Waals surface area contributed by atoms with E-state index in [4.69, 9.17) is 10.5 Å². The Bertz CT molecular complexity index is 662. The average Bonchev–Trinajstić information content (AvgIpc) is 2.72. The zero-order chi connectivity index (χ0) is 13.3. The molecule has 2 rings (SSSR count).